The fraction of sp³-hybridized carbons (Fsp3) is 0.200. The van der Waals surface area contributed by atoms with Crippen molar-refractivity contribution in [2.24, 2.45) is 0 Å². The van der Waals surface area contributed by atoms with E-state index in [9.17, 15) is 14.7 Å². The molecule has 1 unspecified atom stereocenters. The second kappa shape index (κ2) is 8.33. The third kappa shape index (κ3) is 3.59. The molecule has 4 nitrogen and oxygen atoms in total. The number of amides is 1. The Bertz CT molecular complexity index is 1150. The van der Waals surface area contributed by atoms with Crippen molar-refractivity contribution in [1.29, 1.82) is 0 Å². The molecule has 4 rings (SSSR count). The van der Waals surface area contributed by atoms with Crippen LogP contribution in [0.4, 0.5) is 0 Å². The van der Waals surface area contributed by atoms with Gasteiger partial charge in [-0.2, -0.15) is 0 Å². The van der Waals surface area contributed by atoms with Gasteiger partial charge in [-0.1, -0.05) is 73.5 Å². The van der Waals surface area contributed by atoms with Crippen molar-refractivity contribution >= 4 is 39.8 Å². The van der Waals surface area contributed by atoms with Crippen molar-refractivity contribution in [3.8, 4) is 0 Å². The summed E-state index contributed by atoms with van der Waals surface area (Å²) in [6.45, 7) is 2.48. The molecule has 3 aromatic carbocycles. The largest absolute Gasteiger partial charge is 0.507 e. The van der Waals surface area contributed by atoms with Gasteiger partial charge in [0.2, 0.25) is 0 Å². The fourth-order valence-corrected chi connectivity index (χ4v) is 4.05. The second-order valence-corrected chi connectivity index (χ2v) is 7.90. The number of nitrogens with zero attached hydrogens (tertiary/aromatic N) is 1. The van der Waals surface area contributed by atoms with Crippen LogP contribution < -0.4 is 0 Å². The van der Waals surface area contributed by atoms with Gasteiger partial charge in [-0.15, -0.1) is 0 Å². The van der Waals surface area contributed by atoms with Crippen LogP contribution in [0, 0.1) is 0 Å². The monoisotopic (exact) mass is 419 g/mol. The van der Waals surface area contributed by atoms with Crippen molar-refractivity contribution in [2.45, 2.75) is 25.8 Å². The van der Waals surface area contributed by atoms with E-state index in [-0.39, 0.29) is 11.3 Å². The maximum absolute atomic E-state index is 13.0. The summed E-state index contributed by atoms with van der Waals surface area (Å²) in [5, 5.41) is 13.7. The topological polar surface area (TPSA) is 57.6 Å². The van der Waals surface area contributed by atoms with Crippen LogP contribution in [0.2, 0.25) is 5.02 Å². The van der Waals surface area contributed by atoms with Gasteiger partial charge < -0.3 is 10.0 Å². The minimum absolute atomic E-state index is 0.119. The highest BCUT2D eigenvalue weighted by atomic mass is 35.5. The number of rotatable bonds is 5. The van der Waals surface area contributed by atoms with E-state index in [2.05, 4.69) is 0 Å². The number of aliphatic hydroxyl groups excluding tert-OH is 1. The molecule has 30 heavy (non-hydrogen) atoms. The van der Waals surface area contributed by atoms with E-state index in [1.807, 2.05) is 43.3 Å². The SMILES string of the molecule is CCCCN1C(=O)C(=O)/C(=C(\O)c2ccc3ccccc3c2)C1c1ccc(Cl)cc1. The smallest absolute Gasteiger partial charge is 0.295 e. The van der Waals surface area contributed by atoms with Gasteiger partial charge in [0.1, 0.15) is 5.76 Å². The zero-order chi connectivity index (χ0) is 21.3. The highest BCUT2D eigenvalue weighted by molar-refractivity contribution is 6.46. The summed E-state index contributed by atoms with van der Waals surface area (Å²) in [6.07, 6.45) is 1.66. The van der Waals surface area contributed by atoms with Crippen LogP contribution in [0.5, 0.6) is 0 Å². The number of benzene rings is 3. The quantitative estimate of drug-likeness (QED) is 0.327. The Hall–Kier alpha value is -3.11. The molecule has 1 aliphatic heterocycles. The number of hydrogen-bond acceptors (Lipinski definition) is 3. The average molecular weight is 420 g/mol. The average Bonchev–Trinajstić information content (AvgIpc) is 3.02. The Morgan fingerprint density at radius 3 is 2.40 bits per heavy atom. The lowest BCUT2D eigenvalue weighted by Crippen LogP contribution is -2.30. The minimum atomic E-state index is -0.656. The van der Waals surface area contributed by atoms with Gasteiger partial charge in [0.05, 0.1) is 11.6 Å². The normalized spacial score (nSPS) is 18.3. The number of aliphatic hydroxyl groups is 1. The van der Waals surface area contributed by atoms with E-state index in [1.54, 1.807) is 35.2 Å². The Labute approximate surface area is 180 Å². The van der Waals surface area contributed by atoms with Crippen molar-refractivity contribution < 1.29 is 14.7 Å². The molecule has 5 heteroatoms. The molecule has 1 atom stereocenters. The van der Waals surface area contributed by atoms with E-state index in [4.69, 9.17) is 11.6 Å². The van der Waals surface area contributed by atoms with Crippen LogP contribution in [0.1, 0.15) is 36.9 Å². The molecule has 0 aliphatic carbocycles. The molecule has 3 aromatic rings. The van der Waals surface area contributed by atoms with Crippen LogP contribution in [0.15, 0.2) is 72.3 Å². The van der Waals surface area contributed by atoms with Gasteiger partial charge in [0, 0.05) is 17.1 Å². The molecule has 1 N–H and O–H groups in total. The Balaban J connectivity index is 1.87. The zero-order valence-electron chi connectivity index (χ0n) is 16.6. The molecule has 1 heterocycles. The number of likely N-dealkylation sites (tertiary alicyclic amines) is 1. The fourth-order valence-electron chi connectivity index (χ4n) is 3.92. The molecule has 1 saturated heterocycles. The standard InChI is InChI=1S/C25H22ClNO3/c1-2-3-14-27-22(17-10-12-20(26)13-11-17)21(24(29)25(27)30)23(28)19-9-8-16-6-4-5-7-18(16)15-19/h4-13,15,22,28H,2-3,14H2,1H3/b23-21-. The van der Waals surface area contributed by atoms with E-state index in [1.165, 1.54) is 0 Å². The molecule has 0 aromatic heterocycles. The number of hydrogen-bond donors (Lipinski definition) is 1. The number of ketones is 1. The predicted octanol–water partition coefficient (Wildman–Crippen LogP) is 5.72. The lowest BCUT2D eigenvalue weighted by Gasteiger charge is -2.25. The highest BCUT2D eigenvalue weighted by Crippen LogP contribution is 2.40. The molecule has 0 radical (unpaired) electrons. The molecule has 0 saturated carbocycles. The number of carbonyl (C=O) groups excluding carboxylic acids is 2. The molecular formula is C25H22ClNO3. The van der Waals surface area contributed by atoms with E-state index in [0.29, 0.717) is 17.1 Å². The van der Waals surface area contributed by atoms with Gasteiger partial charge in [-0.25, -0.2) is 0 Å². The molecule has 1 fully saturated rings. The van der Waals surface area contributed by atoms with Crippen LogP contribution in [-0.2, 0) is 9.59 Å². The van der Waals surface area contributed by atoms with E-state index in [0.717, 1.165) is 29.2 Å². The van der Waals surface area contributed by atoms with Gasteiger partial charge in [-0.3, -0.25) is 9.59 Å². The summed E-state index contributed by atoms with van der Waals surface area (Å²) in [6, 6.07) is 19.7. The summed E-state index contributed by atoms with van der Waals surface area (Å²) < 4.78 is 0. The number of fused-ring (bicyclic) bond motifs is 1. The highest BCUT2D eigenvalue weighted by Gasteiger charge is 2.45. The lowest BCUT2D eigenvalue weighted by molar-refractivity contribution is -0.139. The predicted molar refractivity (Wildman–Crippen MR) is 119 cm³/mol. The maximum atomic E-state index is 13.0. The Morgan fingerprint density at radius 1 is 1.00 bits per heavy atom. The molecule has 1 amide bonds. The summed E-state index contributed by atoms with van der Waals surface area (Å²) in [5.74, 6) is -1.39. The van der Waals surface area contributed by atoms with Crippen LogP contribution in [0.25, 0.3) is 16.5 Å². The van der Waals surface area contributed by atoms with Crippen molar-refractivity contribution in [3.63, 3.8) is 0 Å². The first-order valence-electron chi connectivity index (χ1n) is 10.0. The van der Waals surface area contributed by atoms with Gasteiger partial charge in [0.25, 0.3) is 11.7 Å². The van der Waals surface area contributed by atoms with Gasteiger partial charge in [-0.05, 0) is 41.0 Å². The Morgan fingerprint density at radius 2 is 1.70 bits per heavy atom. The summed E-state index contributed by atoms with van der Waals surface area (Å²) in [7, 11) is 0. The molecule has 152 valence electrons. The summed E-state index contributed by atoms with van der Waals surface area (Å²) in [4.78, 5) is 27.4. The molecule has 0 bridgehead atoms. The van der Waals surface area contributed by atoms with E-state index >= 15 is 0 Å². The van der Waals surface area contributed by atoms with Crippen LogP contribution >= 0.6 is 11.6 Å². The first-order valence-corrected chi connectivity index (χ1v) is 10.4. The minimum Gasteiger partial charge on any atom is -0.507 e. The van der Waals surface area contributed by atoms with Gasteiger partial charge >= 0.3 is 0 Å². The van der Waals surface area contributed by atoms with Crippen molar-refractivity contribution in [1.82, 2.24) is 4.90 Å². The molecular weight excluding hydrogens is 398 g/mol. The number of carbonyl (C=O) groups is 2. The first-order chi connectivity index (χ1) is 14.5. The van der Waals surface area contributed by atoms with Crippen molar-refractivity contribution in [2.75, 3.05) is 6.54 Å². The molecule has 1 aliphatic rings. The van der Waals surface area contributed by atoms with E-state index < -0.39 is 17.7 Å². The second-order valence-electron chi connectivity index (χ2n) is 7.46. The number of Topliss-reactive ketones (excluding diaryl/α,β-unsaturated/α-hetero) is 1. The zero-order valence-corrected chi connectivity index (χ0v) is 17.4. The summed E-state index contributed by atoms with van der Waals surface area (Å²) >= 11 is 6.04. The molecule has 0 spiro atoms. The third-order valence-electron chi connectivity index (χ3n) is 5.50. The Kier molecular flexibility index (Phi) is 5.60. The van der Waals surface area contributed by atoms with Crippen LogP contribution in [0.3, 0.4) is 0 Å². The summed E-state index contributed by atoms with van der Waals surface area (Å²) in [5.41, 5.74) is 1.38. The maximum Gasteiger partial charge on any atom is 0.295 e. The number of halogens is 1. The third-order valence-corrected chi connectivity index (χ3v) is 5.75. The number of unbranched alkanes of at least 4 members (excludes halogenated alkanes) is 1. The van der Waals surface area contributed by atoms with Gasteiger partial charge in [0.15, 0.2) is 0 Å². The lowest BCUT2D eigenvalue weighted by atomic mass is 9.94. The van der Waals surface area contributed by atoms with Crippen molar-refractivity contribution in [3.05, 3.63) is 88.5 Å². The van der Waals surface area contributed by atoms with Crippen LogP contribution in [-0.4, -0.2) is 28.2 Å². The first kappa shape index (κ1) is 20.2.